The number of anilines is 3. The maximum Gasteiger partial charge on any atom is 0.235 e. The zero-order chi connectivity index (χ0) is 17.1. The maximum absolute atomic E-state index is 13.1. The van der Waals surface area contributed by atoms with Crippen LogP contribution < -0.4 is 10.6 Å². The van der Waals surface area contributed by atoms with Gasteiger partial charge in [0.2, 0.25) is 17.8 Å². The molecule has 0 atom stereocenters. The Morgan fingerprint density at radius 3 is 2.38 bits per heavy atom. The third-order valence-corrected chi connectivity index (χ3v) is 3.39. The van der Waals surface area contributed by atoms with E-state index < -0.39 is 5.95 Å². The molecule has 0 saturated carbocycles. The monoisotopic (exact) mass is 324 g/mol. The van der Waals surface area contributed by atoms with Crippen LogP contribution in [0.25, 0.3) is 11.4 Å². The summed E-state index contributed by atoms with van der Waals surface area (Å²) in [6, 6.07) is 12.5. The van der Waals surface area contributed by atoms with Crippen molar-refractivity contribution in [1.29, 1.82) is 0 Å². The molecule has 122 valence electrons. The zero-order valence-corrected chi connectivity index (χ0v) is 13.4. The predicted octanol–water partition coefficient (Wildman–Crippen LogP) is 3.20. The van der Waals surface area contributed by atoms with Crippen molar-refractivity contribution in [3.63, 3.8) is 0 Å². The Bertz CT molecular complexity index is 820. The molecule has 0 aliphatic carbocycles. The molecular formula is C17H17FN6. The molecule has 0 fully saturated rings. The molecule has 0 spiro atoms. The molecule has 3 aromatic rings. The summed E-state index contributed by atoms with van der Waals surface area (Å²) >= 11 is 0. The highest BCUT2D eigenvalue weighted by Gasteiger charge is 2.19. The molecule has 7 heteroatoms. The van der Waals surface area contributed by atoms with E-state index in [0.29, 0.717) is 17.5 Å². The fraction of sp³-hybridized carbons (Fsp3) is 0.176. The van der Waals surface area contributed by atoms with Crippen LogP contribution in [0.3, 0.4) is 0 Å². The molecule has 24 heavy (non-hydrogen) atoms. The smallest absolute Gasteiger partial charge is 0.235 e. The third-order valence-electron chi connectivity index (χ3n) is 3.39. The minimum Gasteiger partial charge on any atom is -0.368 e. The molecule has 2 aromatic heterocycles. The Hall–Kier alpha value is -3.09. The van der Waals surface area contributed by atoms with E-state index in [1.807, 2.05) is 49.1 Å². The predicted molar refractivity (Wildman–Crippen MR) is 91.1 cm³/mol. The minimum absolute atomic E-state index is 0.0164. The zero-order valence-electron chi connectivity index (χ0n) is 13.4. The van der Waals surface area contributed by atoms with Gasteiger partial charge in [0.15, 0.2) is 5.82 Å². The van der Waals surface area contributed by atoms with Crippen LogP contribution in [0.2, 0.25) is 0 Å². The molecule has 2 N–H and O–H groups in total. The van der Waals surface area contributed by atoms with Gasteiger partial charge in [-0.2, -0.15) is 19.3 Å². The summed E-state index contributed by atoms with van der Waals surface area (Å²) < 4.78 is 13.1. The van der Waals surface area contributed by atoms with Gasteiger partial charge < -0.3 is 10.6 Å². The molecule has 3 rings (SSSR count). The normalized spacial score (nSPS) is 10.8. The van der Waals surface area contributed by atoms with Crippen LogP contribution in [0.1, 0.15) is 13.8 Å². The van der Waals surface area contributed by atoms with Crippen molar-refractivity contribution < 1.29 is 4.39 Å². The van der Waals surface area contributed by atoms with Gasteiger partial charge in [0.1, 0.15) is 0 Å². The van der Waals surface area contributed by atoms with Crippen LogP contribution in [-0.4, -0.2) is 26.0 Å². The Balaban J connectivity index is 2.08. The molecule has 0 aliphatic heterocycles. The second-order valence-electron chi connectivity index (χ2n) is 5.49. The van der Waals surface area contributed by atoms with E-state index in [-0.39, 0.29) is 12.0 Å². The standard InChI is InChI=1S/C17H17FN6/c1-11(2)24(13-8-9-14(18)20-10-13)17-22-15(21-16(19)23-17)12-6-4-3-5-7-12/h3-11H,1-2H3,(H2,19,21,22,23). The summed E-state index contributed by atoms with van der Waals surface area (Å²) in [7, 11) is 0. The summed E-state index contributed by atoms with van der Waals surface area (Å²) in [6.45, 7) is 3.96. The molecule has 0 aliphatic rings. The lowest BCUT2D eigenvalue weighted by atomic mass is 10.2. The highest BCUT2D eigenvalue weighted by molar-refractivity contribution is 5.62. The number of benzene rings is 1. The fourth-order valence-corrected chi connectivity index (χ4v) is 2.36. The first-order chi connectivity index (χ1) is 11.5. The van der Waals surface area contributed by atoms with Gasteiger partial charge in [-0.25, -0.2) is 4.98 Å². The van der Waals surface area contributed by atoms with E-state index >= 15 is 0 Å². The molecule has 2 heterocycles. The van der Waals surface area contributed by atoms with Crippen molar-refractivity contribution in [3.05, 3.63) is 54.6 Å². The highest BCUT2D eigenvalue weighted by atomic mass is 19.1. The number of nitrogen functional groups attached to an aromatic ring is 1. The summed E-state index contributed by atoms with van der Waals surface area (Å²) in [5.41, 5.74) is 7.39. The van der Waals surface area contributed by atoms with E-state index in [2.05, 4.69) is 19.9 Å². The van der Waals surface area contributed by atoms with Crippen LogP contribution in [0.15, 0.2) is 48.7 Å². The van der Waals surface area contributed by atoms with E-state index in [1.165, 1.54) is 12.3 Å². The molecule has 0 amide bonds. The van der Waals surface area contributed by atoms with Crippen molar-refractivity contribution in [1.82, 2.24) is 19.9 Å². The Morgan fingerprint density at radius 2 is 1.75 bits per heavy atom. The quantitative estimate of drug-likeness (QED) is 0.742. The highest BCUT2D eigenvalue weighted by Crippen LogP contribution is 2.26. The summed E-state index contributed by atoms with van der Waals surface area (Å²) in [5, 5.41) is 0. The van der Waals surface area contributed by atoms with Gasteiger partial charge in [-0.15, -0.1) is 0 Å². The van der Waals surface area contributed by atoms with E-state index in [4.69, 9.17) is 5.73 Å². The van der Waals surface area contributed by atoms with Gasteiger partial charge in [0.05, 0.1) is 11.9 Å². The van der Waals surface area contributed by atoms with Crippen molar-refractivity contribution in [3.8, 4) is 11.4 Å². The summed E-state index contributed by atoms with van der Waals surface area (Å²) in [5.74, 6) is 0.464. The van der Waals surface area contributed by atoms with Crippen molar-refractivity contribution in [2.24, 2.45) is 0 Å². The molecule has 1 aromatic carbocycles. The first-order valence-electron chi connectivity index (χ1n) is 7.52. The maximum atomic E-state index is 13.1. The number of pyridine rings is 1. The van der Waals surface area contributed by atoms with Crippen LogP contribution in [-0.2, 0) is 0 Å². The van der Waals surface area contributed by atoms with Crippen LogP contribution in [0.4, 0.5) is 22.0 Å². The summed E-state index contributed by atoms with van der Waals surface area (Å²) in [6.07, 6.45) is 1.44. The van der Waals surface area contributed by atoms with Gasteiger partial charge >= 0.3 is 0 Å². The largest absolute Gasteiger partial charge is 0.368 e. The Labute approximate surface area is 139 Å². The molecular weight excluding hydrogens is 307 g/mol. The second-order valence-corrected chi connectivity index (χ2v) is 5.49. The van der Waals surface area contributed by atoms with E-state index in [1.54, 1.807) is 6.07 Å². The molecule has 0 unspecified atom stereocenters. The molecule has 0 bridgehead atoms. The SMILES string of the molecule is CC(C)N(c1ccc(F)nc1)c1nc(N)nc(-c2ccccc2)n1. The van der Waals surface area contributed by atoms with Gasteiger partial charge in [0.25, 0.3) is 0 Å². The van der Waals surface area contributed by atoms with Gasteiger partial charge in [-0.05, 0) is 26.0 Å². The first-order valence-corrected chi connectivity index (χ1v) is 7.52. The van der Waals surface area contributed by atoms with Gasteiger partial charge in [-0.1, -0.05) is 30.3 Å². The number of nitrogens with zero attached hydrogens (tertiary/aromatic N) is 5. The summed E-state index contributed by atoms with van der Waals surface area (Å²) in [4.78, 5) is 18.5. The topological polar surface area (TPSA) is 80.8 Å². The lowest BCUT2D eigenvalue weighted by molar-refractivity contribution is 0.583. The average molecular weight is 324 g/mol. The van der Waals surface area contributed by atoms with Crippen LogP contribution in [0.5, 0.6) is 0 Å². The van der Waals surface area contributed by atoms with Crippen molar-refractivity contribution >= 4 is 17.6 Å². The fourth-order valence-electron chi connectivity index (χ4n) is 2.36. The number of aromatic nitrogens is 4. The van der Waals surface area contributed by atoms with Crippen LogP contribution >= 0.6 is 0 Å². The Morgan fingerprint density at radius 1 is 1.00 bits per heavy atom. The van der Waals surface area contributed by atoms with Gasteiger partial charge in [0, 0.05) is 11.6 Å². The second kappa shape index (κ2) is 6.57. The number of hydrogen-bond donors (Lipinski definition) is 1. The van der Waals surface area contributed by atoms with E-state index in [0.717, 1.165) is 5.56 Å². The molecule has 0 saturated heterocycles. The number of rotatable bonds is 4. The first kappa shape index (κ1) is 15.8. The molecule has 0 radical (unpaired) electrons. The lowest BCUT2D eigenvalue weighted by Crippen LogP contribution is -2.28. The lowest BCUT2D eigenvalue weighted by Gasteiger charge is -2.26. The van der Waals surface area contributed by atoms with E-state index in [9.17, 15) is 4.39 Å². The van der Waals surface area contributed by atoms with Gasteiger partial charge in [-0.3, -0.25) is 0 Å². The number of hydrogen-bond acceptors (Lipinski definition) is 6. The number of halogens is 1. The average Bonchev–Trinajstić information content (AvgIpc) is 2.57. The number of nitrogens with two attached hydrogens (primary N) is 1. The minimum atomic E-state index is -0.539. The Kier molecular flexibility index (Phi) is 4.33. The molecule has 6 nitrogen and oxygen atoms in total. The van der Waals surface area contributed by atoms with Crippen molar-refractivity contribution in [2.75, 3.05) is 10.6 Å². The van der Waals surface area contributed by atoms with Crippen LogP contribution in [0, 0.1) is 5.95 Å². The third kappa shape index (κ3) is 3.29. The van der Waals surface area contributed by atoms with Crippen molar-refractivity contribution in [2.45, 2.75) is 19.9 Å².